The molecule has 0 unspecified atom stereocenters. The maximum absolute atomic E-state index is 13.2. The molecule has 1 N–H and O–H groups in total. The number of likely N-dealkylation sites (tertiary alicyclic amines) is 1. The number of sulfonamides is 1. The third kappa shape index (κ3) is 4.84. The summed E-state index contributed by atoms with van der Waals surface area (Å²) in [5.74, 6) is -0.727. The Balaban J connectivity index is 1.38. The molecule has 3 aromatic carbocycles. The van der Waals surface area contributed by atoms with Crippen molar-refractivity contribution in [3.8, 4) is 5.75 Å². The maximum atomic E-state index is 13.2. The Kier molecular flexibility index (Phi) is 6.51. The quantitative estimate of drug-likeness (QED) is 0.354. The van der Waals surface area contributed by atoms with Crippen LogP contribution in [0.5, 0.6) is 5.75 Å². The number of hydrogen-bond donors (Lipinski definition) is 1. The van der Waals surface area contributed by atoms with Crippen molar-refractivity contribution in [3.63, 3.8) is 0 Å². The molecule has 1 aliphatic rings. The predicted octanol–water partition coefficient (Wildman–Crippen LogP) is 4.56. The Morgan fingerprint density at radius 2 is 1.73 bits per heavy atom. The van der Waals surface area contributed by atoms with Gasteiger partial charge in [0.25, 0.3) is 15.9 Å². The van der Waals surface area contributed by atoms with E-state index in [0.29, 0.717) is 30.0 Å². The summed E-state index contributed by atoms with van der Waals surface area (Å²) in [5, 5.41) is 1.67. The van der Waals surface area contributed by atoms with Gasteiger partial charge in [0.2, 0.25) is 0 Å². The minimum Gasteiger partial charge on any atom is -0.495 e. The zero-order valence-electron chi connectivity index (χ0n) is 20.4. The van der Waals surface area contributed by atoms with E-state index in [4.69, 9.17) is 13.9 Å². The van der Waals surface area contributed by atoms with Crippen LogP contribution >= 0.6 is 0 Å². The number of anilines is 1. The Labute approximate surface area is 214 Å². The Morgan fingerprint density at radius 1 is 0.973 bits per heavy atom. The molecule has 0 aliphatic carbocycles. The van der Waals surface area contributed by atoms with E-state index in [-0.39, 0.29) is 22.1 Å². The van der Waals surface area contributed by atoms with Gasteiger partial charge in [0.15, 0.2) is 6.10 Å². The Morgan fingerprint density at radius 3 is 2.49 bits per heavy atom. The van der Waals surface area contributed by atoms with E-state index < -0.39 is 22.1 Å². The van der Waals surface area contributed by atoms with Crippen molar-refractivity contribution in [1.29, 1.82) is 0 Å². The molecule has 1 saturated heterocycles. The number of amides is 1. The average Bonchev–Trinajstić information content (AvgIpc) is 3.55. The number of ether oxygens (including phenoxy) is 2. The Bertz CT molecular complexity index is 1600. The van der Waals surface area contributed by atoms with Crippen molar-refractivity contribution in [1.82, 2.24) is 4.90 Å². The number of rotatable bonds is 7. The summed E-state index contributed by atoms with van der Waals surface area (Å²) in [4.78, 5) is 26.7. The zero-order chi connectivity index (χ0) is 26.2. The van der Waals surface area contributed by atoms with Crippen LogP contribution in [0.2, 0.25) is 0 Å². The first-order valence-corrected chi connectivity index (χ1v) is 13.4. The van der Waals surface area contributed by atoms with Crippen LogP contribution in [0.15, 0.2) is 70.0 Å². The molecule has 0 bridgehead atoms. The summed E-state index contributed by atoms with van der Waals surface area (Å²) < 4.78 is 45.7. The first-order chi connectivity index (χ1) is 17.8. The van der Waals surface area contributed by atoms with E-state index in [0.717, 1.165) is 23.6 Å². The number of para-hydroxylation sites is 1. The van der Waals surface area contributed by atoms with E-state index in [1.54, 1.807) is 17.0 Å². The van der Waals surface area contributed by atoms with Crippen LogP contribution < -0.4 is 9.46 Å². The molecule has 1 aliphatic heterocycles. The number of nitrogens with one attached hydrogen (secondary N) is 1. The van der Waals surface area contributed by atoms with Gasteiger partial charge in [-0.15, -0.1) is 0 Å². The first-order valence-electron chi connectivity index (χ1n) is 11.9. The van der Waals surface area contributed by atoms with Crippen LogP contribution in [0, 0.1) is 0 Å². The highest BCUT2D eigenvalue weighted by molar-refractivity contribution is 7.92. The lowest BCUT2D eigenvalue weighted by atomic mass is 10.1. The molecule has 192 valence electrons. The van der Waals surface area contributed by atoms with Crippen LogP contribution in [0.3, 0.4) is 0 Å². The maximum Gasteiger partial charge on any atom is 0.338 e. The third-order valence-corrected chi connectivity index (χ3v) is 7.74. The lowest BCUT2D eigenvalue weighted by Gasteiger charge is -2.20. The molecule has 5 rings (SSSR count). The molecular formula is C27H26N2O7S. The number of carbonyl (C=O) groups excluding carboxylic acids is 2. The lowest BCUT2D eigenvalue weighted by molar-refractivity contribution is -0.138. The fraction of sp³-hybridized carbons (Fsp3) is 0.259. The molecule has 1 aromatic heterocycles. The molecule has 1 atom stereocenters. The van der Waals surface area contributed by atoms with Crippen molar-refractivity contribution in [2.45, 2.75) is 30.8 Å². The lowest BCUT2D eigenvalue weighted by Crippen LogP contribution is -2.38. The number of methoxy groups -OCH3 is 1. The standard InChI is InChI=1S/C27H26N2O7S/c1-17(26(30)29-12-5-6-13-29)35-27(31)18-8-7-9-19(14-18)37(32,33)28-22-16-24-21(15-25(22)34-2)20-10-3-4-11-23(20)36-24/h3-4,7-11,14-17,28H,5-6,12-13H2,1-2H3/t17-/m1/s1. The minimum atomic E-state index is -4.11. The highest BCUT2D eigenvalue weighted by Gasteiger charge is 2.27. The van der Waals surface area contributed by atoms with E-state index in [1.807, 2.05) is 24.3 Å². The second kappa shape index (κ2) is 9.78. The van der Waals surface area contributed by atoms with Crippen LogP contribution in [-0.4, -0.2) is 51.5 Å². The summed E-state index contributed by atoms with van der Waals surface area (Å²) in [7, 11) is -2.67. The van der Waals surface area contributed by atoms with E-state index >= 15 is 0 Å². The van der Waals surface area contributed by atoms with Crippen molar-refractivity contribution in [2.75, 3.05) is 24.9 Å². The van der Waals surface area contributed by atoms with Crippen LogP contribution in [0.1, 0.15) is 30.1 Å². The van der Waals surface area contributed by atoms with E-state index in [9.17, 15) is 18.0 Å². The minimum absolute atomic E-state index is 0.0173. The molecular weight excluding hydrogens is 496 g/mol. The Hall–Kier alpha value is -4.05. The fourth-order valence-electron chi connectivity index (χ4n) is 4.47. The predicted molar refractivity (Wildman–Crippen MR) is 138 cm³/mol. The molecule has 0 spiro atoms. The van der Waals surface area contributed by atoms with Crippen molar-refractivity contribution < 1.29 is 31.9 Å². The summed E-state index contributed by atoms with van der Waals surface area (Å²) in [6.45, 7) is 2.80. The molecule has 10 heteroatoms. The molecule has 0 saturated carbocycles. The van der Waals surface area contributed by atoms with Gasteiger partial charge in [0.05, 0.1) is 23.3 Å². The number of benzene rings is 3. The normalized spacial score (nSPS) is 14.6. The van der Waals surface area contributed by atoms with Gasteiger partial charge in [-0.3, -0.25) is 9.52 Å². The number of furan rings is 1. The van der Waals surface area contributed by atoms with Gasteiger partial charge < -0.3 is 18.8 Å². The molecule has 1 amide bonds. The molecule has 2 heterocycles. The summed E-state index contributed by atoms with van der Waals surface area (Å²) in [5.41, 5.74) is 1.37. The fourth-order valence-corrected chi connectivity index (χ4v) is 5.57. The van der Waals surface area contributed by atoms with Crippen molar-refractivity contribution in [2.24, 2.45) is 0 Å². The van der Waals surface area contributed by atoms with Crippen LogP contribution in [0.4, 0.5) is 5.69 Å². The smallest absolute Gasteiger partial charge is 0.338 e. The topological polar surface area (TPSA) is 115 Å². The van der Waals surface area contributed by atoms with Crippen LogP contribution in [0.25, 0.3) is 21.9 Å². The monoisotopic (exact) mass is 522 g/mol. The zero-order valence-corrected chi connectivity index (χ0v) is 21.2. The van der Waals surface area contributed by atoms with Gasteiger partial charge in [0.1, 0.15) is 16.9 Å². The van der Waals surface area contributed by atoms with Gasteiger partial charge >= 0.3 is 5.97 Å². The first kappa shape index (κ1) is 24.6. The molecule has 1 fully saturated rings. The van der Waals surface area contributed by atoms with Crippen molar-refractivity contribution in [3.05, 3.63) is 66.2 Å². The highest BCUT2D eigenvalue weighted by Crippen LogP contribution is 2.37. The molecule has 9 nitrogen and oxygen atoms in total. The van der Waals surface area contributed by atoms with E-state index in [2.05, 4.69) is 4.72 Å². The van der Waals surface area contributed by atoms with Gasteiger partial charge in [-0.2, -0.15) is 0 Å². The SMILES string of the molecule is COc1cc2c(cc1NS(=O)(=O)c1cccc(C(=O)O[C@H](C)C(=O)N3CCCC3)c1)oc1ccccc12. The molecule has 4 aromatic rings. The second-order valence-electron chi connectivity index (χ2n) is 8.86. The molecule has 0 radical (unpaired) electrons. The number of fused-ring (bicyclic) bond motifs is 3. The van der Waals surface area contributed by atoms with E-state index in [1.165, 1.54) is 38.3 Å². The average molecular weight is 523 g/mol. The van der Waals surface area contributed by atoms with Gasteiger partial charge in [-0.1, -0.05) is 24.3 Å². The van der Waals surface area contributed by atoms with Gasteiger partial charge in [-0.25, -0.2) is 13.2 Å². The van der Waals surface area contributed by atoms with Crippen molar-refractivity contribution >= 4 is 49.5 Å². The number of hydrogen-bond acceptors (Lipinski definition) is 7. The number of carbonyl (C=O) groups is 2. The van der Waals surface area contributed by atoms with Gasteiger partial charge in [0, 0.05) is 29.9 Å². The molecule has 37 heavy (non-hydrogen) atoms. The summed E-state index contributed by atoms with van der Waals surface area (Å²) in [6.07, 6.45) is 0.879. The second-order valence-corrected chi connectivity index (χ2v) is 10.5. The largest absolute Gasteiger partial charge is 0.495 e. The summed E-state index contributed by atoms with van der Waals surface area (Å²) in [6, 6.07) is 16.2. The summed E-state index contributed by atoms with van der Waals surface area (Å²) >= 11 is 0. The van der Waals surface area contributed by atoms with Crippen LogP contribution in [-0.2, 0) is 19.6 Å². The highest BCUT2D eigenvalue weighted by atomic mass is 32.2. The third-order valence-electron chi connectivity index (χ3n) is 6.37. The number of nitrogens with zero attached hydrogens (tertiary/aromatic N) is 1. The number of esters is 1. The van der Waals surface area contributed by atoms with Gasteiger partial charge in [-0.05, 0) is 50.1 Å².